The Morgan fingerprint density at radius 1 is 0.971 bits per heavy atom. The molecule has 0 radical (unpaired) electrons. The van der Waals surface area contributed by atoms with Crippen molar-refractivity contribution in [2.45, 2.75) is 26.2 Å². The number of carbonyl (C=O) groups is 1. The zero-order valence-corrected chi connectivity index (χ0v) is 19.9. The molecule has 0 bridgehead atoms. The fourth-order valence-corrected chi connectivity index (χ4v) is 3.25. The molecule has 2 aromatic heterocycles. The molecule has 2 heterocycles. The third kappa shape index (κ3) is 5.75. The first kappa shape index (κ1) is 23.7. The second kappa shape index (κ2) is 9.84. The van der Waals surface area contributed by atoms with Gasteiger partial charge in [0.25, 0.3) is 0 Å². The maximum Gasteiger partial charge on any atom is 0.324 e. The summed E-state index contributed by atoms with van der Waals surface area (Å²) in [5, 5.41) is 10.2. The molecule has 0 fully saturated rings. The summed E-state index contributed by atoms with van der Waals surface area (Å²) in [5.74, 6) is 0.996. The van der Waals surface area contributed by atoms with Crippen LogP contribution in [0.3, 0.4) is 0 Å². The van der Waals surface area contributed by atoms with Gasteiger partial charge in [-0.15, -0.1) is 0 Å². The van der Waals surface area contributed by atoms with Crippen molar-refractivity contribution in [3.05, 3.63) is 84.6 Å². The molecule has 2 aromatic carbocycles. The van der Waals surface area contributed by atoms with Gasteiger partial charge >= 0.3 is 6.03 Å². The topological polar surface area (TPSA) is 90.3 Å². The summed E-state index contributed by atoms with van der Waals surface area (Å²) in [6.07, 6.45) is 3.10. The summed E-state index contributed by atoms with van der Waals surface area (Å²) in [4.78, 5) is 16.7. The minimum Gasteiger partial charge on any atom is -0.497 e. The van der Waals surface area contributed by atoms with Gasteiger partial charge in [-0.3, -0.25) is 10.3 Å². The van der Waals surface area contributed by atoms with E-state index in [0.29, 0.717) is 17.3 Å². The molecule has 0 aliphatic carbocycles. The molecule has 0 saturated carbocycles. The molecular formula is C26H26FN5O3. The first-order chi connectivity index (χ1) is 16.7. The first-order valence-electron chi connectivity index (χ1n) is 10.9. The molecule has 9 heteroatoms. The molecule has 2 N–H and O–H groups in total. The molecular weight excluding hydrogens is 449 g/mol. The Morgan fingerprint density at radius 3 is 2.43 bits per heavy atom. The number of ether oxygens (including phenoxy) is 2. The average Bonchev–Trinajstić information content (AvgIpc) is 3.26. The van der Waals surface area contributed by atoms with Crippen LogP contribution < -0.4 is 20.1 Å². The molecule has 0 spiro atoms. The van der Waals surface area contributed by atoms with Gasteiger partial charge in [-0.25, -0.2) is 13.9 Å². The summed E-state index contributed by atoms with van der Waals surface area (Å²) in [5.41, 5.74) is 1.54. The highest BCUT2D eigenvalue weighted by molar-refractivity contribution is 5.99. The molecule has 0 unspecified atom stereocenters. The number of hydrogen-bond acceptors (Lipinski definition) is 5. The molecule has 4 rings (SSSR count). The van der Waals surface area contributed by atoms with Crippen LogP contribution >= 0.6 is 0 Å². The van der Waals surface area contributed by atoms with Crippen LogP contribution in [0.1, 0.15) is 26.5 Å². The van der Waals surface area contributed by atoms with Gasteiger partial charge in [-0.2, -0.15) is 5.10 Å². The number of benzene rings is 2. The summed E-state index contributed by atoms with van der Waals surface area (Å²) in [6.45, 7) is 6.11. The number of nitrogens with one attached hydrogen (secondary N) is 2. The normalized spacial score (nSPS) is 11.1. The van der Waals surface area contributed by atoms with Crippen LogP contribution in [0.5, 0.6) is 17.2 Å². The lowest BCUT2D eigenvalue weighted by atomic mass is 9.92. The molecule has 0 atom stereocenters. The lowest BCUT2D eigenvalue weighted by Gasteiger charge is -2.14. The van der Waals surface area contributed by atoms with Crippen molar-refractivity contribution in [1.29, 1.82) is 0 Å². The summed E-state index contributed by atoms with van der Waals surface area (Å²) >= 11 is 0. The SMILES string of the molecule is COc1cccc(-n2nc(C(C)(C)C)cc2NC(=O)Nc2ccc(Oc3ccncc3)c(F)c2)c1. The molecule has 8 nitrogen and oxygen atoms in total. The zero-order valence-electron chi connectivity index (χ0n) is 19.9. The first-order valence-corrected chi connectivity index (χ1v) is 10.9. The standard InChI is InChI=1S/C26H26FN5O3/c1-26(2,3)23-16-24(32(31-23)18-6-5-7-20(15-18)34-4)30-25(33)29-17-8-9-22(21(27)14-17)35-19-10-12-28-13-11-19/h5-16H,1-4H3,(H2,29,30,33). The lowest BCUT2D eigenvalue weighted by Crippen LogP contribution is -2.21. The highest BCUT2D eigenvalue weighted by atomic mass is 19.1. The van der Waals surface area contributed by atoms with Crippen molar-refractivity contribution in [2.75, 3.05) is 17.7 Å². The van der Waals surface area contributed by atoms with Gasteiger partial charge in [0.15, 0.2) is 11.6 Å². The Kier molecular flexibility index (Phi) is 6.68. The molecule has 0 saturated heterocycles. The van der Waals surface area contributed by atoms with Crippen molar-refractivity contribution >= 4 is 17.5 Å². The van der Waals surface area contributed by atoms with Gasteiger partial charge in [-0.05, 0) is 36.4 Å². The number of nitrogens with zero attached hydrogens (tertiary/aromatic N) is 3. The van der Waals surface area contributed by atoms with Crippen LogP contribution in [0.2, 0.25) is 0 Å². The van der Waals surface area contributed by atoms with E-state index in [-0.39, 0.29) is 16.9 Å². The number of urea groups is 1. The van der Waals surface area contributed by atoms with Crippen molar-refractivity contribution in [1.82, 2.24) is 14.8 Å². The minimum atomic E-state index is -0.615. The predicted molar refractivity (Wildman–Crippen MR) is 132 cm³/mol. The van der Waals surface area contributed by atoms with Gasteiger partial charge in [0.1, 0.15) is 17.3 Å². The smallest absolute Gasteiger partial charge is 0.324 e. The van der Waals surface area contributed by atoms with Crippen LogP contribution in [0.15, 0.2) is 73.1 Å². The Morgan fingerprint density at radius 2 is 1.74 bits per heavy atom. The predicted octanol–water partition coefficient (Wildman–Crippen LogP) is 6.15. The Bertz CT molecular complexity index is 1330. The highest BCUT2D eigenvalue weighted by Crippen LogP contribution is 2.29. The highest BCUT2D eigenvalue weighted by Gasteiger charge is 2.22. The molecule has 0 aliphatic rings. The maximum atomic E-state index is 14.6. The zero-order chi connectivity index (χ0) is 25.0. The number of pyridine rings is 1. The quantitative estimate of drug-likeness (QED) is 0.349. The molecule has 180 valence electrons. The number of anilines is 2. The van der Waals surface area contributed by atoms with E-state index in [1.165, 1.54) is 12.1 Å². The second-order valence-corrected chi connectivity index (χ2v) is 8.79. The van der Waals surface area contributed by atoms with E-state index in [4.69, 9.17) is 14.6 Å². The fraction of sp³-hybridized carbons (Fsp3) is 0.192. The number of hydrogen-bond donors (Lipinski definition) is 2. The second-order valence-electron chi connectivity index (χ2n) is 8.79. The van der Waals surface area contributed by atoms with Crippen molar-refractivity contribution in [2.24, 2.45) is 0 Å². The monoisotopic (exact) mass is 475 g/mol. The number of carbonyl (C=O) groups excluding carboxylic acids is 1. The number of methoxy groups -OCH3 is 1. The molecule has 4 aromatic rings. The van der Waals surface area contributed by atoms with E-state index in [1.54, 1.807) is 42.4 Å². The number of amides is 2. The fourth-order valence-electron chi connectivity index (χ4n) is 3.25. The van der Waals surface area contributed by atoms with Crippen LogP contribution in [-0.2, 0) is 5.41 Å². The van der Waals surface area contributed by atoms with Crippen molar-refractivity contribution in [3.8, 4) is 22.9 Å². The van der Waals surface area contributed by atoms with Crippen LogP contribution in [0.4, 0.5) is 20.7 Å². The third-order valence-electron chi connectivity index (χ3n) is 5.08. The van der Waals surface area contributed by atoms with Gasteiger partial charge < -0.3 is 14.8 Å². The number of aromatic nitrogens is 3. The van der Waals surface area contributed by atoms with Crippen molar-refractivity contribution < 1.29 is 18.7 Å². The van der Waals surface area contributed by atoms with Gasteiger partial charge in [0.2, 0.25) is 0 Å². The van der Waals surface area contributed by atoms with Crippen LogP contribution in [-0.4, -0.2) is 27.9 Å². The lowest BCUT2D eigenvalue weighted by molar-refractivity contribution is 0.262. The van der Waals surface area contributed by atoms with E-state index in [9.17, 15) is 9.18 Å². The van der Waals surface area contributed by atoms with Crippen molar-refractivity contribution in [3.63, 3.8) is 0 Å². The minimum absolute atomic E-state index is 0.0353. The third-order valence-corrected chi connectivity index (χ3v) is 5.08. The van der Waals surface area contributed by atoms with E-state index in [0.717, 1.165) is 11.4 Å². The van der Waals surface area contributed by atoms with E-state index < -0.39 is 11.8 Å². The number of rotatable bonds is 6. The summed E-state index contributed by atoms with van der Waals surface area (Å²) in [7, 11) is 1.59. The summed E-state index contributed by atoms with van der Waals surface area (Å²) < 4.78 is 27.0. The average molecular weight is 476 g/mol. The van der Waals surface area contributed by atoms with Gasteiger partial charge in [0, 0.05) is 41.7 Å². The van der Waals surface area contributed by atoms with E-state index in [2.05, 4.69) is 15.6 Å². The molecule has 2 amide bonds. The maximum absolute atomic E-state index is 14.6. The van der Waals surface area contributed by atoms with Crippen LogP contribution in [0, 0.1) is 5.82 Å². The van der Waals surface area contributed by atoms with Gasteiger partial charge in [0.05, 0.1) is 18.5 Å². The largest absolute Gasteiger partial charge is 0.497 e. The molecule has 0 aliphatic heterocycles. The van der Waals surface area contributed by atoms with Gasteiger partial charge in [-0.1, -0.05) is 26.8 Å². The number of halogens is 1. The Labute approximate surface area is 202 Å². The van der Waals surface area contributed by atoms with E-state index in [1.807, 2.05) is 51.1 Å². The Balaban J connectivity index is 1.53. The molecule has 35 heavy (non-hydrogen) atoms. The van der Waals surface area contributed by atoms with Crippen LogP contribution in [0.25, 0.3) is 5.69 Å². The summed E-state index contributed by atoms with van der Waals surface area (Å²) in [6, 6.07) is 16.1. The Hall–Kier alpha value is -4.40. The van der Waals surface area contributed by atoms with E-state index >= 15 is 0 Å².